The molecule has 1 aromatic rings. The van der Waals surface area contributed by atoms with Crippen molar-refractivity contribution in [2.24, 2.45) is 5.92 Å². The van der Waals surface area contributed by atoms with Crippen LogP contribution in [0.4, 0.5) is 0 Å². The Morgan fingerprint density at radius 1 is 1.40 bits per heavy atom. The van der Waals surface area contributed by atoms with Gasteiger partial charge < -0.3 is 15.4 Å². The van der Waals surface area contributed by atoms with Crippen molar-refractivity contribution in [3.63, 3.8) is 0 Å². The number of rotatable bonds is 5. The van der Waals surface area contributed by atoms with E-state index in [1.165, 1.54) is 6.33 Å². The number of H-pyrrole nitrogens is 1. The fourth-order valence-electron chi connectivity index (χ4n) is 2.73. The monoisotopic (exact) mass is 279 g/mol. The minimum absolute atomic E-state index is 0.0421. The predicted molar refractivity (Wildman–Crippen MR) is 73.1 cm³/mol. The van der Waals surface area contributed by atoms with Crippen molar-refractivity contribution in [3.05, 3.63) is 18.2 Å². The molecule has 2 rings (SSSR count). The lowest BCUT2D eigenvalue weighted by Crippen LogP contribution is -2.46. The van der Waals surface area contributed by atoms with Gasteiger partial charge in [0.1, 0.15) is 6.04 Å². The van der Waals surface area contributed by atoms with Crippen LogP contribution in [0.5, 0.6) is 0 Å². The Bertz CT molecular complexity index is 452. The lowest BCUT2D eigenvalue weighted by atomic mass is 9.88. The van der Waals surface area contributed by atoms with Crippen molar-refractivity contribution >= 4 is 11.9 Å². The van der Waals surface area contributed by atoms with Crippen LogP contribution in [0.25, 0.3) is 0 Å². The maximum Gasteiger partial charge on any atom is 0.326 e. The predicted octanol–water partition coefficient (Wildman–Crippen LogP) is 1.66. The average molecular weight is 279 g/mol. The molecule has 1 aromatic heterocycles. The van der Waals surface area contributed by atoms with Crippen molar-refractivity contribution in [1.82, 2.24) is 15.3 Å². The van der Waals surface area contributed by atoms with Crippen molar-refractivity contribution in [2.45, 2.75) is 51.0 Å². The van der Waals surface area contributed by atoms with E-state index in [0.29, 0.717) is 5.69 Å². The lowest BCUT2D eigenvalue weighted by molar-refractivity contribution is -0.143. The van der Waals surface area contributed by atoms with Gasteiger partial charge in [0.15, 0.2) is 0 Å². The molecule has 3 N–H and O–H groups in total. The number of aromatic nitrogens is 2. The Morgan fingerprint density at radius 3 is 2.65 bits per heavy atom. The molecule has 1 aliphatic rings. The van der Waals surface area contributed by atoms with Gasteiger partial charge in [-0.2, -0.15) is 0 Å². The molecule has 110 valence electrons. The molecule has 1 amide bonds. The smallest absolute Gasteiger partial charge is 0.326 e. The molecular formula is C14H21N3O3. The van der Waals surface area contributed by atoms with E-state index in [9.17, 15) is 14.7 Å². The van der Waals surface area contributed by atoms with Crippen LogP contribution in [0, 0.1) is 5.92 Å². The zero-order chi connectivity index (χ0) is 14.5. The summed E-state index contributed by atoms with van der Waals surface area (Å²) in [6.07, 6.45) is 8.07. The van der Waals surface area contributed by atoms with Crippen LogP contribution < -0.4 is 5.32 Å². The molecule has 0 aromatic carbocycles. The van der Waals surface area contributed by atoms with Gasteiger partial charge in [0, 0.05) is 23.7 Å². The molecule has 1 aliphatic carbocycles. The Morgan fingerprint density at radius 2 is 2.10 bits per heavy atom. The van der Waals surface area contributed by atoms with Gasteiger partial charge in [-0.15, -0.1) is 0 Å². The van der Waals surface area contributed by atoms with Gasteiger partial charge in [-0.1, -0.05) is 26.2 Å². The van der Waals surface area contributed by atoms with Crippen LogP contribution >= 0.6 is 0 Å². The molecule has 1 saturated carbocycles. The third-order valence-electron chi connectivity index (χ3n) is 4.05. The van der Waals surface area contributed by atoms with Gasteiger partial charge in [-0.05, 0) is 12.8 Å². The van der Waals surface area contributed by atoms with Crippen LogP contribution in [0.3, 0.4) is 0 Å². The van der Waals surface area contributed by atoms with E-state index >= 15 is 0 Å². The number of carbonyl (C=O) groups is 2. The molecule has 2 atom stereocenters. The first-order valence-electron chi connectivity index (χ1n) is 7.11. The molecule has 0 aliphatic heterocycles. The van der Waals surface area contributed by atoms with Gasteiger partial charge >= 0.3 is 5.97 Å². The largest absolute Gasteiger partial charge is 0.480 e. The van der Waals surface area contributed by atoms with Crippen molar-refractivity contribution < 1.29 is 14.7 Å². The number of hydrogen-bond donors (Lipinski definition) is 3. The van der Waals surface area contributed by atoms with Crippen LogP contribution in [0.15, 0.2) is 12.5 Å². The van der Waals surface area contributed by atoms with Gasteiger partial charge in [0.2, 0.25) is 5.91 Å². The summed E-state index contributed by atoms with van der Waals surface area (Å²) in [6.45, 7) is 1.77. The topological polar surface area (TPSA) is 95.1 Å². The first-order valence-corrected chi connectivity index (χ1v) is 7.11. The molecule has 6 nitrogen and oxygen atoms in total. The summed E-state index contributed by atoms with van der Waals surface area (Å²) in [4.78, 5) is 30.4. The molecule has 20 heavy (non-hydrogen) atoms. The van der Waals surface area contributed by atoms with Gasteiger partial charge in [0.05, 0.1) is 6.33 Å². The first kappa shape index (κ1) is 14.6. The van der Waals surface area contributed by atoms with Gasteiger partial charge in [-0.3, -0.25) is 4.79 Å². The Kier molecular flexibility index (Phi) is 4.76. The number of imidazole rings is 1. The second kappa shape index (κ2) is 6.54. The highest BCUT2D eigenvalue weighted by atomic mass is 16.4. The number of amides is 1. The second-order valence-corrected chi connectivity index (χ2v) is 5.46. The van der Waals surface area contributed by atoms with E-state index in [1.54, 1.807) is 13.1 Å². The SMILES string of the molecule is CC(c1cnc[nH]1)[C@H](NC(=O)C1CCCCC1)C(=O)O. The zero-order valence-electron chi connectivity index (χ0n) is 11.6. The van der Waals surface area contributed by atoms with E-state index in [0.717, 1.165) is 32.1 Å². The fourth-order valence-corrected chi connectivity index (χ4v) is 2.73. The number of carbonyl (C=O) groups excluding carboxylic acids is 1. The summed E-state index contributed by atoms with van der Waals surface area (Å²) in [7, 11) is 0. The highest BCUT2D eigenvalue weighted by Crippen LogP contribution is 2.25. The molecule has 0 bridgehead atoms. The summed E-state index contributed by atoms with van der Waals surface area (Å²) in [6, 6.07) is -0.926. The van der Waals surface area contributed by atoms with Gasteiger partial charge in [-0.25, -0.2) is 9.78 Å². The molecule has 1 fully saturated rings. The highest BCUT2D eigenvalue weighted by molar-refractivity contribution is 5.85. The number of aliphatic carboxylic acids is 1. The number of nitrogens with zero attached hydrogens (tertiary/aromatic N) is 1. The quantitative estimate of drug-likeness (QED) is 0.764. The lowest BCUT2D eigenvalue weighted by Gasteiger charge is -2.25. The maximum absolute atomic E-state index is 12.2. The minimum atomic E-state index is -1.02. The highest BCUT2D eigenvalue weighted by Gasteiger charge is 2.31. The zero-order valence-corrected chi connectivity index (χ0v) is 11.6. The number of carboxylic acids is 1. The Hall–Kier alpha value is -1.85. The number of carboxylic acid groups (broad SMARTS) is 1. The molecule has 0 spiro atoms. The van der Waals surface area contributed by atoms with E-state index in [-0.39, 0.29) is 17.7 Å². The second-order valence-electron chi connectivity index (χ2n) is 5.46. The molecule has 1 unspecified atom stereocenters. The standard InChI is InChI=1S/C14H21N3O3/c1-9(11-7-15-8-16-11)12(14(19)20)17-13(18)10-5-3-2-4-6-10/h7-10,12H,2-6H2,1H3,(H,15,16)(H,17,18)(H,19,20)/t9?,12-/m0/s1. The van der Waals surface area contributed by atoms with E-state index in [2.05, 4.69) is 15.3 Å². The Balaban J connectivity index is 2.01. The van der Waals surface area contributed by atoms with Crippen molar-refractivity contribution in [3.8, 4) is 0 Å². The average Bonchev–Trinajstić information content (AvgIpc) is 2.98. The number of aromatic amines is 1. The van der Waals surface area contributed by atoms with Crippen LogP contribution in [-0.4, -0.2) is 33.0 Å². The molecular weight excluding hydrogens is 258 g/mol. The minimum Gasteiger partial charge on any atom is -0.480 e. The molecule has 0 radical (unpaired) electrons. The number of nitrogens with one attached hydrogen (secondary N) is 2. The molecule has 6 heteroatoms. The van der Waals surface area contributed by atoms with Crippen LogP contribution in [-0.2, 0) is 9.59 Å². The van der Waals surface area contributed by atoms with Crippen molar-refractivity contribution in [1.29, 1.82) is 0 Å². The third kappa shape index (κ3) is 3.37. The summed E-state index contributed by atoms with van der Waals surface area (Å²) >= 11 is 0. The molecule has 0 saturated heterocycles. The molecule has 1 heterocycles. The van der Waals surface area contributed by atoms with Gasteiger partial charge in [0.25, 0.3) is 0 Å². The van der Waals surface area contributed by atoms with E-state index in [1.807, 2.05) is 0 Å². The van der Waals surface area contributed by atoms with E-state index < -0.39 is 12.0 Å². The summed E-state index contributed by atoms with van der Waals surface area (Å²) in [5.74, 6) is -1.54. The third-order valence-corrected chi connectivity index (χ3v) is 4.05. The summed E-state index contributed by atoms with van der Waals surface area (Å²) < 4.78 is 0. The normalized spacial score (nSPS) is 19.2. The van der Waals surface area contributed by atoms with Crippen LogP contribution in [0.1, 0.15) is 50.6 Å². The fraction of sp³-hybridized carbons (Fsp3) is 0.643. The van der Waals surface area contributed by atoms with E-state index in [4.69, 9.17) is 0 Å². The van der Waals surface area contributed by atoms with Crippen LogP contribution in [0.2, 0.25) is 0 Å². The summed E-state index contributed by atoms with van der Waals surface area (Å²) in [5, 5.41) is 12.0. The van der Waals surface area contributed by atoms with Crippen molar-refractivity contribution in [2.75, 3.05) is 0 Å². The number of hydrogen-bond acceptors (Lipinski definition) is 3. The first-order chi connectivity index (χ1) is 9.59. The Labute approximate surface area is 118 Å². The summed E-state index contributed by atoms with van der Waals surface area (Å²) in [5.41, 5.74) is 0.710. The maximum atomic E-state index is 12.2.